The number of benzene rings is 2. The van der Waals surface area contributed by atoms with Crippen LogP contribution < -0.4 is 4.31 Å². The van der Waals surface area contributed by atoms with Crippen LogP contribution >= 0.6 is 23.2 Å². The van der Waals surface area contributed by atoms with Crippen molar-refractivity contribution in [1.82, 2.24) is 0 Å². The fourth-order valence-electron chi connectivity index (χ4n) is 2.14. The molecule has 134 valence electrons. The summed E-state index contributed by atoms with van der Waals surface area (Å²) in [7, 11) is -4.03. The number of hydrogen-bond acceptors (Lipinski definition) is 4. The highest BCUT2D eigenvalue weighted by Crippen LogP contribution is 2.33. The zero-order valence-corrected chi connectivity index (χ0v) is 16.0. The minimum Gasteiger partial charge on any atom is -0.465 e. The van der Waals surface area contributed by atoms with Crippen molar-refractivity contribution < 1.29 is 17.9 Å². The maximum Gasteiger partial charge on any atom is 0.326 e. The molecule has 0 fully saturated rings. The molecule has 0 amide bonds. The molecule has 0 atom stereocenters. The summed E-state index contributed by atoms with van der Waals surface area (Å²) < 4.78 is 31.9. The van der Waals surface area contributed by atoms with E-state index in [-0.39, 0.29) is 22.2 Å². The molecule has 0 aliphatic rings. The molecule has 2 aromatic carbocycles. The van der Waals surface area contributed by atoms with E-state index in [1.165, 1.54) is 30.3 Å². The predicted octanol–water partition coefficient (Wildman–Crippen LogP) is 4.06. The van der Waals surface area contributed by atoms with Gasteiger partial charge in [0.1, 0.15) is 6.54 Å². The molecular weight excluding hydrogens is 385 g/mol. The lowest BCUT2D eigenvalue weighted by molar-refractivity contribution is -0.141. The minimum atomic E-state index is -4.03. The van der Waals surface area contributed by atoms with E-state index in [0.29, 0.717) is 5.02 Å². The number of hydrogen-bond donors (Lipinski definition) is 0. The highest BCUT2D eigenvalue weighted by molar-refractivity contribution is 7.92. The van der Waals surface area contributed by atoms with E-state index in [9.17, 15) is 13.2 Å². The second-order valence-corrected chi connectivity index (χ2v) is 7.93. The van der Waals surface area contributed by atoms with Gasteiger partial charge in [-0.2, -0.15) is 0 Å². The number of carbonyl (C=O) groups is 1. The smallest absolute Gasteiger partial charge is 0.326 e. The van der Waals surface area contributed by atoms with Crippen LogP contribution in [0.1, 0.15) is 12.5 Å². The zero-order chi connectivity index (χ0) is 18.6. The first-order chi connectivity index (χ1) is 11.8. The second-order valence-electron chi connectivity index (χ2n) is 5.23. The molecule has 0 heterocycles. The van der Waals surface area contributed by atoms with Crippen molar-refractivity contribution in [2.75, 3.05) is 17.5 Å². The molecule has 0 saturated heterocycles. The van der Waals surface area contributed by atoms with Crippen LogP contribution in [0.2, 0.25) is 10.0 Å². The predicted molar refractivity (Wildman–Crippen MR) is 98.8 cm³/mol. The molecule has 25 heavy (non-hydrogen) atoms. The van der Waals surface area contributed by atoms with Gasteiger partial charge in [-0.1, -0.05) is 40.9 Å². The molecule has 0 N–H and O–H groups in total. The monoisotopic (exact) mass is 401 g/mol. The second kappa shape index (κ2) is 8.08. The zero-order valence-electron chi connectivity index (χ0n) is 13.7. The van der Waals surface area contributed by atoms with Crippen LogP contribution in [0, 0.1) is 6.92 Å². The largest absolute Gasteiger partial charge is 0.465 e. The summed E-state index contributed by atoms with van der Waals surface area (Å²) in [5, 5.41) is 0.455. The highest BCUT2D eigenvalue weighted by atomic mass is 35.5. The number of sulfonamides is 1. The molecule has 0 unspecified atom stereocenters. The van der Waals surface area contributed by atoms with Gasteiger partial charge in [0.05, 0.1) is 22.2 Å². The van der Waals surface area contributed by atoms with Crippen molar-refractivity contribution in [3.05, 3.63) is 58.1 Å². The summed E-state index contributed by atoms with van der Waals surface area (Å²) in [6.45, 7) is 3.12. The van der Waals surface area contributed by atoms with Crippen LogP contribution in [0.3, 0.4) is 0 Å². The maximum atomic E-state index is 13.1. The quantitative estimate of drug-likeness (QED) is 0.684. The summed E-state index contributed by atoms with van der Waals surface area (Å²) in [5.74, 6) is -0.686. The normalized spacial score (nSPS) is 11.2. The fourth-order valence-corrected chi connectivity index (χ4v) is 3.99. The van der Waals surface area contributed by atoms with Gasteiger partial charge in [-0.15, -0.1) is 0 Å². The molecular formula is C17H17Cl2NO4S. The third-order valence-electron chi connectivity index (χ3n) is 3.36. The number of ether oxygens (including phenoxy) is 1. The highest BCUT2D eigenvalue weighted by Gasteiger charge is 2.29. The SMILES string of the molecule is CCOC(=O)CN(c1cc(Cl)ccc1Cl)S(=O)(=O)c1ccc(C)cc1. The van der Waals surface area contributed by atoms with Crippen LogP contribution in [0.15, 0.2) is 47.4 Å². The van der Waals surface area contributed by atoms with Crippen molar-refractivity contribution in [3.8, 4) is 0 Å². The van der Waals surface area contributed by atoms with Crippen LogP contribution in [-0.2, 0) is 19.6 Å². The van der Waals surface area contributed by atoms with Gasteiger partial charge in [0.2, 0.25) is 0 Å². The van der Waals surface area contributed by atoms with Gasteiger partial charge in [0.25, 0.3) is 10.0 Å². The van der Waals surface area contributed by atoms with Crippen LogP contribution in [-0.4, -0.2) is 27.5 Å². The van der Waals surface area contributed by atoms with Crippen LogP contribution in [0.4, 0.5) is 5.69 Å². The lowest BCUT2D eigenvalue weighted by Crippen LogP contribution is -2.36. The standard InChI is InChI=1S/C17H17Cl2NO4S/c1-3-24-17(21)11-20(16-10-13(18)6-9-15(16)19)25(22,23)14-7-4-12(2)5-8-14/h4-10H,3,11H2,1-2H3. The van der Waals surface area contributed by atoms with Gasteiger partial charge < -0.3 is 4.74 Å². The lowest BCUT2D eigenvalue weighted by Gasteiger charge is -2.24. The van der Waals surface area contributed by atoms with Crippen molar-refractivity contribution in [1.29, 1.82) is 0 Å². The van der Waals surface area contributed by atoms with Crippen molar-refractivity contribution >= 4 is 44.9 Å². The molecule has 0 aliphatic carbocycles. The van der Waals surface area contributed by atoms with E-state index in [1.54, 1.807) is 19.1 Å². The topological polar surface area (TPSA) is 63.7 Å². The molecule has 2 rings (SSSR count). The first-order valence-corrected chi connectivity index (χ1v) is 9.65. The minimum absolute atomic E-state index is 0.0402. The molecule has 8 heteroatoms. The first kappa shape index (κ1) is 19.6. The number of anilines is 1. The van der Waals surface area contributed by atoms with Gasteiger partial charge in [-0.25, -0.2) is 8.42 Å². The Bertz CT molecular complexity index is 867. The Labute approximate surface area is 157 Å². The molecule has 0 aliphatic heterocycles. The summed E-state index contributed by atoms with van der Waals surface area (Å²) in [5.41, 5.74) is 1.03. The lowest BCUT2D eigenvalue weighted by atomic mass is 10.2. The van der Waals surface area contributed by atoms with Crippen molar-refractivity contribution in [2.24, 2.45) is 0 Å². The van der Waals surface area contributed by atoms with E-state index in [4.69, 9.17) is 27.9 Å². The van der Waals surface area contributed by atoms with Gasteiger partial charge >= 0.3 is 5.97 Å². The van der Waals surface area contributed by atoms with Crippen LogP contribution in [0.25, 0.3) is 0 Å². The van der Waals surface area contributed by atoms with Crippen molar-refractivity contribution in [3.63, 3.8) is 0 Å². The van der Waals surface area contributed by atoms with E-state index in [0.717, 1.165) is 9.87 Å². The molecule has 0 aromatic heterocycles. The number of esters is 1. The molecule has 0 saturated carbocycles. The molecule has 0 bridgehead atoms. The van der Waals surface area contributed by atoms with Crippen LogP contribution in [0.5, 0.6) is 0 Å². The number of nitrogens with zero attached hydrogens (tertiary/aromatic N) is 1. The summed E-state index contributed by atoms with van der Waals surface area (Å²) in [4.78, 5) is 12.0. The Hall–Kier alpha value is -1.76. The first-order valence-electron chi connectivity index (χ1n) is 7.45. The molecule has 0 radical (unpaired) electrons. The third kappa shape index (κ3) is 4.66. The van der Waals surface area contributed by atoms with Gasteiger partial charge in [-0.05, 0) is 44.2 Å². The summed E-state index contributed by atoms with van der Waals surface area (Å²) in [6, 6.07) is 10.7. The number of carbonyl (C=O) groups excluding carboxylic acids is 1. The summed E-state index contributed by atoms with van der Waals surface area (Å²) >= 11 is 12.1. The van der Waals surface area contributed by atoms with E-state index in [1.807, 2.05) is 6.92 Å². The van der Waals surface area contributed by atoms with Crippen molar-refractivity contribution in [2.45, 2.75) is 18.7 Å². The Balaban J connectivity index is 2.55. The number of rotatable bonds is 6. The summed E-state index contributed by atoms with van der Waals surface area (Å²) in [6.07, 6.45) is 0. The maximum absolute atomic E-state index is 13.1. The average molecular weight is 402 g/mol. The molecule has 0 spiro atoms. The van der Waals surface area contributed by atoms with E-state index >= 15 is 0 Å². The van der Waals surface area contributed by atoms with E-state index < -0.39 is 22.5 Å². The molecule has 5 nitrogen and oxygen atoms in total. The van der Waals surface area contributed by atoms with Gasteiger partial charge in [0, 0.05) is 5.02 Å². The van der Waals surface area contributed by atoms with Gasteiger partial charge in [0.15, 0.2) is 0 Å². The Kier molecular flexibility index (Phi) is 6.32. The number of aryl methyl sites for hydroxylation is 1. The molecule has 2 aromatic rings. The Morgan fingerprint density at radius 3 is 2.36 bits per heavy atom. The van der Waals surface area contributed by atoms with E-state index in [2.05, 4.69) is 0 Å². The Morgan fingerprint density at radius 1 is 1.12 bits per heavy atom. The average Bonchev–Trinajstić information content (AvgIpc) is 2.55. The number of halogens is 2. The fraction of sp³-hybridized carbons (Fsp3) is 0.235. The Morgan fingerprint density at radius 2 is 1.76 bits per heavy atom. The van der Waals surface area contributed by atoms with Gasteiger partial charge in [-0.3, -0.25) is 9.10 Å². The third-order valence-corrected chi connectivity index (χ3v) is 5.69.